The topological polar surface area (TPSA) is 49.3 Å². The SMILES string of the molecule is C=C(C[C@](C)(O)c1ccccc1C(F)(F)F)C(=O)Nc1ccccc1. The summed E-state index contributed by atoms with van der Waals surface area (Å²) < 4.78 is 39.4. The molecule has 3 nitrogen and oxygen atoms in total. The maximum atomic E-state index is 13.1. The summed E-state index contributed by atoms with van der Waals surface area (Å²) in [5.41, 5.74) is -2.61. The van der Waals surface area contributed by atoms with Gasteiger partial charge in [-0.15, -0.1) is 0 Å². The smallest absolute Gasteiger partial charge is 0.385 e. The molecule has 0 fully saturated rings. The number of para-hydroxylation sites is 1. The highest BCUT2D eigenvalue weighted by Crippen LogP contribution is 2.38. The number of carbonyl (C=O) groups is 1. The fraction of sp³-hybridized carbons (Fsp3) is 0.211. The van der Waals surface area contributed by atoms with Crippen LogP contribution in [0.3, 0.4) is 0 Å². The third kappa shape index (κ3) is 4.70. The minimum Gasteiger partial charge on any atom is -0.385 e. The average Bonchev–Trinajstić information content (AvgIpc) is 2.54. The molecule has 25 heavy (non-hydrogen) atoms. The van der Waals surface area contributed by atoms with E-state index in [4.69, 9.17) is 0 Å². The number of aliphatic hydroxyl groups is 1. The van der Waals surface area contributed by atoms with Crippen LogP contribution in [0.15, 0.2) is 66.7 Å². The fourth-order valence-electron chi connectivity index (χ4n) is 2.53. The van der Waals surface area contributed by atoms with Gasteiger partial charge in [0.1, 0.15) is 0 Å². The number of nitrogens with one attached hydrogen (secondary N) is 1. The van der Waals surface area contributed by atoms with Crippen molar-refractivity contribution in [3.05, 3.63) is 77.9 Å². The summed E-state index contributed by atoms with van der Waals surface area (Å²) >= 11 is 0. The molecule has 1 atom stereocenters. The van der Waals surface area contributed by atoms with Gasteiger partial charge in [0, 0.05) is 17.7 Å². The molecule has 1 amide bonds. The Morgan fingerprint density at radius 1 is 1.04 bits per heavy atom. The first-order valence-electron chi connectivity index (χ1n) is 7.54. The van der Waals surface area contributed by atoms with Gasteiger partial charge < -0.3 is 10.4 Å². The van der Waals surface area contributed by atoms with E-state index in [9.17, 15) is 23.1 Å². The Bertz CT molecular complexity index is 768. The summed E-state index contributed by atoms with van der Waals surface area (Å²) in [5, 5.41) is 13.2. The van der Waals surface area contributed by atoms with Gasteiger partial charge in [0.15, 0.2) is 0 Å². The second kappa shape index (κ2) is 7.11. The van der Waals surface area contributed by atoms with Crippen molar-refractivity contribution in [3.8, 4) is 0 Å². The van der Waals surface area contributed by atoms with Crippen LogP contribution in [-0.4, -0.2) is 11.0 Å². The van der Waals surface area contributed by atoms with Crippen LogP contribution < -0.4 is 5.32 Å². The molecule has 2 aromatic carbocycles. The second-order valence-electron chi connectivity index (χ2n) is 5.92. The van der Waals surface area contributed by atoms with Crippen LogP contribution in [-0.2, 0) is 16.6 Å². The van der Waals surface area contributed by atoms with E-state index in [1.165, 1.54) is 25.1 Å². The number of rotatable bonds is 5. The lowest BCUT2D eigenvalue weighted by Gasteiger charge is -2.27. The molecule has 0 saturated carbocycles. The van der Waals surface area contributed by atoms with E-state index >= 15 is 0 Å². The first-order valence-corrected chi connectivity index (χ1v) is 7.54. The third-order valence-corrected chi connectivity index (χ3v) is 3.72. The van der Waals surface area contributed by atoms with Gasteiger partial charge in [-0.3, -0.25) is 4.79 Å². The molecule has 0 aliphatic carbocycles. The molecule has 0 bridgehead atoms. The highest BCUT2D eigenvalue weighted by Gasteiger charge is 2.39. The lowest BCUT2D eigenvalue weighted by Crippen LogP contribution is -2.28. The van der Waals surface area contributed by atoms with Gasteiger partial charge in [-0.05, 0) is 30.7 Å². The summed E-state index contributed by atoms with van der Waals surface area (Å²) in [4.78, 5) is 12.2. The molecule has 132 valence electrons. The molecule has 2 aromatic rings. The fourth-order valence-corrected chi connectivity index (χ4v) is 2.53. The van der Waals surface area contributed by atoms with Gasteiger partial charge in [-0.2, -0.15) is 13.2 Å². The Hall–Kier alpha value is -2.60. The normalized spacial score (nSPS) is 13.8. The minimum atomic E-state index is -4.60. The third-order valence-electron chi connectivity index (χ3n) is 3.72. The van der Waals surface area contributed by atoms with Crippen LogP contribution in [0, 0.1) is 0 Å². The van der Waals surface area contributed by atoms with E-state index in [1.54, 1.807) is 30.3 Å². The van der Waals surface area contributed by atoms with Gasteiger partial charge in [0.2, 0.25) is 0 Å². The minimum absolute atomic E-state index is 0.0224. The number of amides is 1. The molecule has 0 radical (unpaired) electrons. The Kier molecular flexibility index (Phi) is 5.33. The van der Waals surface area contributed by atoms with Gasteiger partial charge in [0.25, 0.3) is 5.91 Å². The monoisotopic (exact) mass is 349 g/mol. The van der Waals surface area contributed by atoms with Crippen molar-refractivity contribution in [1.82, 2.24) is 0 Å². The molecule has 0 aliphatic rings. The summed E-state index contributed by atoms with van der Waals surface area (Å²) in [6.07, 6.45) is -4.94. The lowest BCUT2D eigenvalue weighted by molar-refractivity contribution is -0.140. The number of alkyl halides is 3. The van der Waals surface area contributed by atoms with Gasteiger partial charge in [0.05, 0.1) is 11.2 Å². The Labute approximate surface area is 143 Å². The van der Waals surface area contributed by atoms with Crippen LogP contribution in [0.1, 0.15) is 24.5 Å². The summed E-state index contributed by atoms with van der Waals surface area (Å²) in [5.74, 6) is -0.559. The molecule has 2 rings (SSSR count). The van der Waals surface area contributed by atoms with E-state index in [2.05, 4.69) is 11.9 Å². The average molecular weight is 349 g/mol. The van der Waals surface area contributed by atoms with Gasteiger partial charge >= 0.3 is 6.18 Å². The first-order chi connectivity index (χ1) is 11.6. The Morgan fingerprint density at radius 2 is 1.56 bits per heavy atom. The van der Waals surface area contributed by atoms with Gasteiger partial charge in [-0.1, -0.05) is 43.0 Å². The maximum Gasteiger partial charge on any atom is 0.416 e. The largest absolute Gasteiger partial charge is 0.416 e. The van der Waals surface area contributed by atoms with E-state index in [0.717, 1.165) is 6.07 Å². The molecule has 0 aliphatic heterocycles. The zero-order chi connectivity index (χ0) is 18.7. The molecule has 0 heterocycles. The molecular weight excluding hydrogens is 331 g/mol. The number of hydrogen-bond acceptors (Lipinski definition) is 2. The van der Waals surface area contributed by atoms with Crippen LogP contribution in [0.2, 0.25) is 0 Å². The van der Waals surface area contributed by atoms with E-state index in [1.807, 2.05) is 0 Å². The second-order valence-corrected chi connectivity index (χ2v) is 5.92. The molecule has 0 aromatic heterocycles. The maximum absolute atomic E-state index is 13.1. The zero-order valence-corrected chi connectivity index (χ0v) is 13.6. The predicted molar refractivity (Wildman–Crippen MR) is 89.8 cm³/mol. The number of anilines is 1. The van der Waals surface area contributed by atoms with E-state index in [0.29, 0.717) is 5.69 Å². The predicted octanol–water partition coefficient (Wildman–Crippen LogP) is 4.50. The zero-order valence-electron chi connectivity index (χ0n) is 13.6. The molecule has 6 heteroatoms. The number of hydrogen-bond donors (Lipinski definition) is 2. The summed E-state index contributed by atoms with van der Waals surface area (Å²) in [6, 6.07) is 13.3. The van der Waals surface area contributed by atoms with Crippen molar-refractivity contribution in [1.29, 1.82) is 0 Å². The highest BCUT2D eigenvalue weighted by atomic mass is 19.4. The van der Waals surface area contributed by atoms with Crippen LogP contribution in [0.25, 0.3) is 0 Å². The molecule has 2 N–H and O–H groups in total. The van der Waals surface area contributed by atoms with Crippen LogP contribution >= 0.6 is 0 Å². The van der Waals surface area contributed by atoms with Crippen LogP contribution in [0.4, 0.5) is 18.9 Å². The first kappa shape index (κ1) is 18.7. The highest BCUT2D eigenvalue weighted by molar-refractivity contribution is 6.03. The molecule has 0 spiro atoms. The van der Waals surface area contributed by atoms with Crippen molar-refractivity contribution in [2.45, 2.75) is 25.1 Å². The van der Waals surface area contributed by atoms with Crippen LogP contribution in [0.5, 0.6) is 0 Å². The number of benzene rings is 2. The molecule has 0 unspecified atom stereocenters. The molecular formula is C19H18F3NO2. The van der Waals surface area contributed by atoms with E-state index < -0.39 is 23.2 Å². The summed E-state index contributed by atoms with van der Waals surface area (Å²) in [7, 11) is 0. The Morgan fingerprint density at radius 3 is 2.12 bits per heavy atom. The van der Waals surface area contributed by atoms with Crippen molar-refractivity contribution < 1.29 is 23.1 Å². The van der Waals surface area contributed by atoms with Crippen molar-refractivity contribution in [2.75, 3.05) is 5.32 Å². The lowest BCUT2D eigenvalue weighted by atomic mass is 9.86. The standard InChI is InChI=1S/C19H18F3NO2/c1-13(17(24)23-14-8-4-3-5-9-14)12-18(2,25)15-10-6-7-11-16(15)19(20,21)22/h3-11,25H,1,12H2,2H3,(H,23,24)/t18-/m0/s1. The molecule has 0 saturated heterocycles. The quantitative estimate of drug-likeness (QED) is 0.781. The van der Waals surface area contributed by atoms with Gasteiger partial charge in [-0.25, -0.2) is 0 Å². The van der Waals surface area contributed by atoms with Crippen molar-refractivity contribution in [2.24, 2.45) is 0 Å². The van der Waals surface area contributed by atoms with E-state index in [-0.39, 0.29) is 17.6 Å². The Balaban J connectivity index is 2.18. The number of carbonyl (C=O) groups excluding carboxylic acids is 1. The summed E-state index contributed by atoms with van der Waals surface area (Å²) in [6.45, 7) is 4.83. The number of halogens is 3. The van der Waals surface area contributed by atoms with Crippen molar-refractivity contribution in [3.63, 3.8) is 0 Å². The van der Waals surface area contributed by atoms with Crippen molar-refractivity contribution >= 4 is 11.6 Å².